The molecular formula is C20H25ClN4O4. The molecular weight excluding hydrogens is 396 g/mol. The highest BCUT2D eigenvalue weighted by molar-refractivity contribution is 6.30. The number of halogens is 1. The molecule has 2 heterocycles. The Morgan fingerprint density at radius 2 is 1.86 bits per heavy atom. The van der Waals surface area contributed by atoms with Crippen LogP contribution in [0.15, 0.2) is 33.9 Å². The van der Waals surface area contributed by atoms with Gasteiger partial charge in [0.05, 0.1) is 13.2 Å². The molecule has 29 heavy (non-hydrogen) atoms. The molecule has 0 spiro atoms. The van der Waals surface area contributed by atoms with Crippen LogP contribution in [0.4, 0.5) is 0 Å². The molecule has 0 atom stereocenters. The first-order chi connectivity index (χ1) is 14.0. The fourth-order valence-electron chi connectivity index (χ4n) is 3.11. The van der Waals surface area contributed by atoms with Crippen LogP contribution in [0, 0.1) is 0 Å². The Morgan fingerprint density at radius 1 is 1.14 bits per heavy atom. The van der Waals surface area contributed by atoms with Crippen LogP contribution in [0.25, 0.3) is 11.2 Å². The largest absolute Gasteiger partial charge is 0.465 e. The number of aliphatic hydroxyl groups is 1. The van der Waals surface area contributed by atoms with Gasteiger partial charge in [0.25, 0.3) is 11.6 Å². The van der Waals surface area contributed by atoms with Gasteiger partial charge in [-0.15, -0.1) is 0 Å². The van der Waals surface area contributed by atoms with E-state index in [2.05, 4.69) is 11.9 Å². The number of aliphatic hydroxyl groups excluding tert-OH is 1. The molecule has 0 amide bonds. The maximum Gasteiger partial charge on any atom is 0.332 e. The summed E-state index contributed by atoms with van der Waals surface area (Å²) in [5.74, 6) is 0. The minimum atomic E-state index is -0.466. The third kappa shape index (κ3) is 4.38. The first kappa shape index (κ1) is 21.1. The summed E-state index contributed by atoms with van der Waals surface area (Å²) in [6.45, 7) is 2.90. The zero-order chi connectivity index (χ0) is 21.0. The summed E-state index contributed by atoms with van der Waals surface area (Å²) in [5.41, 5.74) is 0.590. The normalized spacial score (nSPS) is 11.3. The first-order valence-corrected chi connectivity index (χ1v) is 10.0. The van der Waals surface area contributed by atoms with Crippen molar-refractivity contribution in [3.8, 4) is 6.01 Å². The van der Waals surface area contributed by atoms with Gasteiger partial charge in [-0.3, -0.25) is 18.5 Å². The predicted octanol–water partition coefficient (Wildman–Crippen LogP) is 2.16. The van der Waals surface area contributed by atoms with E-state index in [0.717, 1.165) is 23.0 Å². The number of aryl methyl sites for hydroxylation is 1. The van der Waals surface area contributed by atoms with Crippen molar-refractivity contribution in [3.63, 3.8) is 0 Å². The molecule has 0 aliphatic carbocycles. The van der Waals surface area contributed by atoms with E-state index in [0.29, 0.717) is 36.1 Å². The van der Waals surface area contributed by atoms with Gasteiger partial charge in [0.15, 0.2) is 11.2 Å². The fourth-order valence-corrected chi connectivity index (χ4v) is 3.24. The smallest absolute Gasteiger partial charge is 0.332 e. The Balaban J connectivity index is 2.18. The van der Waals surface area contributed by atoms with Crippen molar-refractivity contribution in [1.82, 2.24) is 18.7 Å². The summed E-state index contributed by atoms with van der Waals surface area (Å²) in [6.07, 6.45) is 2.12. The fraction of sp³-hybridized carbons (Fsp3) is 0.450. The van der Waals surface area contributed by atoms with Crippen molar-refractivity contribution in [2.24, 2.45) is 7.05 Å². The molecule has 3 rings (SSSR count). The number of nitrogens with zero attached hydrogens (tertiary/aromatic N) is 4. The predicted molar refractivity (Wildman–Crippen MR) is 112 cm³/mol. The lowest BCUT2D eigenvalue weighted by molar-refractivity contribution is 0.275. The van der Waals surface area contributed by atoms with Gasteiger partial charge in [0.1, 0.15) is 0 Å². The lowest BCUT2D eigenvalue weighted by Crippen LogP contribution is -2.39. The number of benzene rings is 1. The van der Waals surface area contributed by atoms with E-state index >= 15 is 0 Å². The van der Waals surface area contributed by atoms with Gasteiger partial charge in [-0.1, -0.05) is 37.1 Å². The van der Waals surface area contributed by atoms with Gasteiger partial charge in [-0.25, -0.2) is 4.79 Å². The second-order valence-corrected chi connectivity index (χ2v) is 7.29. The third-order valence-corrected chi connectivity index (χ3v) is 4.97. The van der Waals surface area contributed by atoms with Gasteiger partial charge in [0.2, 0.25) is 0 Å². The van der Waals surface area contributed by atoms with Crippen LogP contribution in [0.3, 0.4) is 0 Å². The maximum absolute atomic E-state index is 13.1. The average Bonchev–Trinajstić information content (AvgIpc) is 3.07. The minimum Gasteiger partial charge on any atom is -0.465 e. The van der Waals surface area contributed by atoms with Crippen molar-refractivity contribution in [3.05, 3.63) is 55.7 Å². The highest BCUT2D eigenvalue weighted by atomic mass is 35.5. The molecule has 0 unspecified atom stereocenters. The molecule has 1 aromatic carbocycles. The summed E-state index contributed by atoms with van der Waals surface area (Å²) in [7, 11) is 1.58. The summed E-state index contributed by atoms with van der Waals surface area (Å²) in [5, 5.41) is 9.74. The minimum absolute atomic E-state index is 0.108. The summed E-state index contributed by atoms with van der Waals surface area (Å²) in [4.78, 5) is 30.2. The van der Waals surface area contributed by atoms with E-state index in [1.54, 1.807) is 23.7 Å². The number of unbranched alkanes of at least 4 members (excludes halogenated alkanes) is 1. The van der Waals surface area contributed by atoms with Gasteiger partial charge < -0.3 is 9.84 Å². The quantitative estimate of drug-likeness (QED) is 0.535. The Kier molecular flexibility index (Phi) is 6.76. The number of aromatic nitrogens is 4. The van der Waals surface area contributed by atoms with Crippen LogP contribution in [-0.4, -0.2) is 37.0 Å². The van der Waals surface area contributed by atoms with Gasteiger partial charge in [-0.2, -0.15) is 4.98 Å². The average molecular weight is 421 g/mol. The summed E-state index contributed by atoms with van der Waals surface area (Å²) in [6, 6.07) is 7.61. The zero-order valence-corrected chi connectivity index (χ0v) is 17.4. The molecule has 1 N–H and O–H groups in total. The van der Waals surface area contributed by atoms with Crippen LogP contribution in [0.5, 0.6) is 6.01 Å². The van der Waals surface area contributed by atoms with E-state index in [-0.39, 0.29) is 18.8 Å². The lowest BCUT2D eigenvalue weighted by Gasteiger charge is -2.11. The van der Waals surface area contributed by atoms with Crippen molar-refractivity contribution in [2.45, 2.75) is 39.3 Å². The van der Waals surface area contributed by atoms with Crippen molar-refractivity contribution >= 4 is 22.8 Å². The summed E-state index contributed by atoms with van der Waals surface area (Å²) >= 11 is 5.98. The van der Waals surface area contributed by atoms with Crippen LogP contribution in [-0.2, 0) is 20.1 Å². The molecule has 0 saturated heterocycles. The first-order valence-electron chi connectivity index (χ1n) is 9.66. The van der Waals surface area contributed by atoms with E-state index in [9.17, 15) is 9.59 Å². The number of rotatable bonds is 9. The number of imidazole rings is 1. The molecule has 9 heteroatoms. The molecule has 0 saturated carbocycles. The standard InChI is InChI=1S/C20H25ClN4O4/c1-3-4-12-29-19-22-17-16(25(19)13-14-6-8-15(21)9-7-14)18(27)24(10-5-11-26)20(28)23(17)2/h6-9,26H,3-5,10-13H2,1-2H3. The van der Waals surface area contributed by atoms with Gasteiger partial charge in [-0.05, 0) is 30.5 Å². The van der Waals surface area contributed by atoms with Crippen LogP contribution >= 0.6 is 11.6 Å². The van der Waals surface area contributed by atoms with Crippen molar-refractivity contribution in [2.75, 3.05) is 13.2 Å². The molecule has 0 bridgehead atoms. The zero-order valence-electron chi connectivity index (χ0n) is 16.6. The van der Waals surface area contributed by atoms with Crippen LogP contribution < -0.4 is 16.0 Å². The van der Waals surface area contributed by atoms with E-state index in [4.69, 9.17) is 21.4 Å². The number of fused-ring (bicyclic) bond motifs is 1. The van der Waals surface area contributed by atoms with E-state index in [1.807, 2.05) is 12.1 Å². The van der Waals surface area contributed by atoms with Gasteiger partial charge in [0, 0.05) is 25.2 Å². The van der Waals surface area contributed by atoms with Crippen LogP contribution in [0.2, 0.25) is 5.02 Å². The Morgan fingerprint density at radius 3 is 2.52 bits per heavy atom. The Bertz CT molecular complexity index is 1100. The number of ether oxygens (including phenoxy) is 1. The molecule has 0 fully saturated rings. The highest BCUT2D eigenvalue weighted by Crippen LogP contribution is 2.21. The number of hydrogen-bond donors (Lipinski definition) is 1. The molecule has 8 nitrogen and oxygen atoms in total. The molecule has 0 aliphatic heterocycles. The molecule has 156 valence electrons. The monoisotopic (exact) mass is 420 g/mol. The molecule has 0 aliphatic rings. The number of hydrogen-bond acceptors (Lipinski definition) is 5. The lowest BCUT2D eigenvalue weighted by atomic mass is 10.2. The van der Waals surface area contributed by atoms with Gasteiger partial charge >= 0.3 is 5.69 Å². The highest BCUT2D eigenvalue weighted by Gasteiger charge is 2.21. The van der Waals surface area contributed by atoms with E-state index in [1.165, 1.54) is 4.57 Å². The SMILES string of the molecule is CCCCOc1nc2c(c(=O)n(CCCO)c(=O)n2C)n1Cc1ccc(Cl)cc1. The topological polar surface area (TPSA) is 91.3 Å². The Hall–Kier alpha value is -2.58. The molecule has 3 aromatic rings. The summed E-state index contributed by atoms with van der Waals surface area (Å²) < 4.78 is 10.0. The Labute approximate surface area is 172 Å². The third-order valence-electron chi connectivity index (χ3n) is 4.72. The molecule has 0 radical (unpaired) electrons. The van der Waals surface area contributed by atoms with Crippen molar-refractivity contribution < 1.29 is 9.84 Å². The second-order valence-electron chi connectivity index (χ2n) is 6.86. The van der Waals surface area contributed by atoms with E-state index < -0.39 is 11.2 Å². The maximum atomic E-state index is 13.1. The second kappa shape index (κ2) is 9.28. The van der Waals surface area contributed by atoms with Crippen molar-refractivity contribution in [1.29, 1.82) is 0 Å². The molecule has 2 aromatic heterocycles. The van der Waals surface area contributed by atoms with Crippen LogP contribution in [0.1, 0.15) is 31.7 Å².